The average Bonchev–Trinajstić information content (AvgIpc) is 2.66. The first-order valence-corrected chi connectivity index (χ1v) is 9.51. The number of hydrogen-bond acceptors (Lipinski definition) is 4. The molecule has 0 radical (unpaired) electrons. The van der Waals surface area contributed by atoms with E-state index in [1.165, 1.54) is 0 Å². The Morgan fingerprint density at radius 3 is 2.54 bits per heavy atom. The molecular weight excluding hydrogens is 348 g/mol. The molecule has 1 N–H and O–H groups in total. The number of likely N-dealkylation sites (N-methyl/N-ethyl adjacent to an activating group) is 1. The molecule has 0 spiro atoms. The number of halogens is 1. The highest BCUT2D eigenvalue weighted by Crippen LogP contribution is 2.32. The number of benzene rings is 2. The third kappa shape index (κ3) is 6.20. The Labute approximate surface area is 162 Å². The lowest BCUT2D eigenvalue weighted by molar-refractivity contribution is 0.279. The van der Waals surface area contributed by atoms with Gasteiger partial charge in [0.05, 0.1) is 7.11 Å². The molecule has 0 fully saturated rings. The Morgan fingerprint density at radius 2 is 1.85 bits per heavy atom. The summed E-state index contributed by atoms with van der Waals surface area (Å²) < 4.78 is 11.6. The van der Waals surface area contributed by atoms with Gasteiger partial charge in [-0.2, -0.15) is 0 Å². The van der Waals surface area contributed by atoms with Crippen molar-refractivity contribution in [3.8, 4) is 11.5 Å². The smallest absolute Gasteiger partial charge is 0.166 e. The van der Waals surface area contributed by atoms with Crippen LogP contribution in [0.5, 0.6) is 11.5 Å². The lowest BCUT2D eigenvalue weighted by Gasteiger charge is -2.19. The van der Waals surface area contributed by atoms with E-state index in [1.54, 1.807) is 7.11 Å². The number of ether oxygens (including phenoxy) is 2. The van der Waals surface area contributed by atoms with Crippen LogP contribution in [0.15, 0.2) is 42.5 Å². The van der Waals surface area contributed by atoms with Gasteiger partial charge < -0.3 is 19.7 Å². The molecule has 0 aliphatic heterocycles. The van der Waals surface area contributed by atoms with E-state index in [2.05, 4.69) is 30.1 Å². The SMILES string of the molecule is CCN(CC)CCNCc1cccc(OC)c1OCc1cccc(Cl)c1. The summed E-state index contributed by atoms with van der Waals surface area (Å²) in [6.45, 7) is 9.69. The Hall–Kier alpha value is -1.75. The summed E-state index contributed by atoms with van der Waals surface area (Å²) in [5.74, 6) is 1.53. The minimum Gasteiger partial charge on any atom is -0.493 e. The summed E-state index contributed by atoms with van der Waals surface area (Å²) in [5.41, 5.74) is 2.12. The number of rotatable bonds is 11. The van der Waals surface area contributed by atoms with Gasteiger partial charge in [-0.3, -0.25) is 0 Å². The van der Waals surface area contributed by atoms with Crippen LogP contribution >= 0.6 is 11.6 Å². The van der Waals surface area contributed by atoms with E-state index >= 15 is 0 Å². The van der Waals surface area contributed by atoms with Crippen LogP contribution < -0.4 is 14.8 Å². The highest BCUT2D eigenvalue weighted by atomic mass is 35.5. The summed E-state index contributed by atoms with van der Waals surface area (Å²) >= 11 is 6.06. The van der Waals surface area contributed by atoms with Gasteiger partial charge in [-0.1, -0.05) is 49.7 Å². The lowest BCUT2D eigenvalue weighted by atomic mass is 10.1. The Kier molecular flexibility index (Phi) is 8.75. The monoisotopic (exact) mass is 376 g/mol. The molecular formula is C21H29ClN2O2. The summed E-state index contributed by atoms with van der Waals surface area (Å²) in [4.78, 5) is 2.40. The van der Waals surface area contributed by atoms with Crippen molar-refractivity contribution >= 4 is 11.6 Å². The fourth-order valence-electron chi connectivity index (χ4n) is 2.81. The molecule has 26 heavy (non-hydrogen) atoms. The summed E-state index contributed by atoms with van der Waals surface area (Å²) in [5, 5.41) is 4.21. The van der Waals surface area contributed by atoms with Crippen LogP contribution in [0.25, 0.3) is 0 Å². The third-order valence-electron chi connectivity index (χ3n) is 4.37. The van der Waals surface area contributed by atoms with Crippen LogP contribution in [-0.2, 0) is 13.2 Å². The zero-order chi connectivity index (χ0) is 18.8. The Balaban J connectivity index is 2.00. The summed E-state index contributed by atoms with van der Waals surface area (Å²) in [6.07, 6.45) is 0. The number of para-hydroxylation sites is 1. The van der Waals surface area contributed by atoms with Crippen LogP contribution in [0.3, 0.4) is 0 Å². The minimum atomic E-state index is 0.452. The van der Waals surface area contributed by atoms with Crippen molar-refractivity contribution < 1.29 is 9.47 Å². The van der Waals surface area contributed by atoms with Gasteiger partial charge in [0.1, 0.15) is 6.61 Å². The molecule has 0 unspecified atom stereocenters. The predicted octanol–water partition coefficient (Wildman–Crippen LogP) is 4.36. The van der Waals surface area contributed by atoms with Crippen molar-refractivity contribution in [2.45, 2.75) is 27.0 Å². The quantitative estimate of drug-likeness (QED) is 0.591. The first kappa shape index (κ1) is 20.6. The topological polar surface area (TPSA) is 33.7 Å². The van der Waals surface area contributed by atoms with Crippen LogP contribution in [0, 0.1) is 0 Å². The van der Waals surface area contributed by atoms with Crippen LogP contribution in [0.4, 0.5) is 0 Å². The van der Waals surface area contributed by atoms with Crippen molar-refractivity contribution in [3.05, 3.63) is 58.6 Å². The van der Waals surface area contributed by atoms with Gasteiger partial charge >= 0.3 is 0 Å². The maximum atomic E-state index is 6.09. The van der Waals surface area contributed by atoms with Crippen LogP contribution in [0.2, 0.25) is 5.02 Å². The van der Waals surface area contributed by atoms with Gasteiger partial charge in [-0.15, -0.1) is 0 Å². The molecule has 0 atom stereocenters. The van der Waals surface area contributed by atoms with E-state index in [0.717, 1.165) is 55.3 Å². The van der Waals surface area contributed by atoms with Gasteiger partial charge in [0.25, 0.3) is 0 Å². The summed E-state index contributed by atoms with van der Waals surface area (Å²) in [6, 6.07) is 13.7. The normalized spacial score (nSPS) is 11.0. The van der Waals surface area contributed by atoms with Gasteiger partial charge in [-0.25, -0.2) is 0 Å². The Bertz CT molecular complexity index is 675. The molecule has 0 bridgehead atoms. The molecule has 2 aromatic carbocycles. The van der Waals surface area contributed by atoms with Gasteiger partial charge in [0, 0.05) is 30.2 Å². The van der Waals surface area contributed by atoms with Crippen molar-refractivity contribution in [1.82, 2.24) is 10.2 Å². The van der Waals surface area contributed by atoms with E-state index in [1.807, 2.05) is 36.4 Å². The van der Waals surface area contributed by atoms with Gasteiger partial charge in [0.2, 0.25) is 0 Å². The second-order valence-corrected chi connectivity index (χ2v) is 6.51. The molecule has 0 saturated heterocycles. The van der Waals surface area contributed by atoms with Gasteiger partial charge in [0.15, 0.2) is 11.5 Å². The molecule has 142 valence electrons. The number of nitrogens with zero attached hydrogens (tertiary/aromatic N) is 1. The minimum absolute atomic E-state index is 0.452. The molecule has 0 amide bonds. The highest BCUT2D eigenvalue weighted by molar-refractivity contribution is 6.30. The number of methoxy groups -OCH3 is 1. The lowest BCUT2D eigenvalue weighted by Crippen LogP contribution is -2.31. The molecule has 5 heteroatoms. The van der Waals surface area contributed by atoms with Gasteiger partial charge in [-0.05, 0) is 36.9 Å². The number of nitrogens with one attached hydrogen (secondary N) is 1. The zero-order valence-corrected chi connectivity index (χ0v) is 16.7. The van der Waals surface area contributed by atoms with E-state index in [-0.39, 0.29) is 0 Å². The molecule has 2 aromatic rings. The van der Waals surface area contributed by atoms with E-state index < -0.39 is 0 Å². The highest BCUT2D eigenvalue weighted by Gasteiger charge is 2.11. The van der Waals surface area contributed by atoms with Crippen LogP contribution in [-0.4, -0.2) is 38.2 Å². The first-order chi connectivity index (χ1) is 12.7. The predicted molar refractivity (Wildman–Crippen MR) is 108 cm³/mol. The second-order valence-electron chi connectivity index (χ2n) is 6.07. The first-order valence-electron chi connectivity index (χ1n) is 9.14. The van der Waals surface area contributed by atoms with E-state index in [0.29, 0.717) is 11.6 Å². The Morgan fingerprint density at radius 1 is 1.08 bits per heavy atom. The third-order valence-corrected chi connectivity index (χ3v) is 4.60. The molecule has 4 nitrogen and oxygen atoms in total. The van der Waals surface area contributed by atoms with Crippen molar-refractivity contribution in [2.75, 3.05) is 33.3 Å². The standard InChI is InChI=1S/C21H29ClN2O2/c1-4-24(5-2)13-12-23-15-18-9-7-11-20(25-3)21(18)26-16-17-8-6-10-19(22)14-17/h6-11,14,23H,4-5,12-13,15-16H2,1-3H3. The molecule has 0 aliphatic carbocycles. The fourth-order valence-corrected chi connectivity index (χ4v) is 3.02. The van der Waals surface area contributed by atoms with Crippen molar-refractivity contribution in [1.29, 1.82) is 0 Å². The maximum absolute atomic E-state index is 6.09. The molecule has 0 saturated carbocycles. The van der Waals surface area contributed by atoms with Crippen molar-refractivity contribution in [3.63, 3.8) is 0 Å². The molecule has 0 aliphatic rings. The maximum Gasteiger partial charge on any atom is 0.166 e. The average molecular weight is 377 g/mol. The molecule has 0 heterocycles. The van der Waals surface area contributed by atoms with E-state index in [4.69, 9.17) is 21.1 Å². The second kappa shape index (κ2) is 11.1. The largest absolute Gasteiger partial charge is 0.493 e. The molecule has 2 rings (SSSR count). The fraction of sp³-hybridized carbons (Fsp3) is 0.429. The summed E-state index contributed by atoms with van der Waals surface area (Å²) in [7, 11) is 1.67. The van der Waals surface area contributed by atoms with E-state index in [9.17, 15) is 0 Å². The number of hydrogen-bond donors (Lipinski definition) is 1. The van der Waals surface area contributed by atoms with Crippen LogP contribution in [0.1, 0.15) is 25.0 Å². The van der Waals surface area contributed by atoms with Crippen molar-refractivity contribution in [2.24, 2.45) is 0 Å². The zero-order valence-electron chi connectivity index (χ0n) is 15.9. The molecule has 0 aromatic heterocycles.